The number of nitrogens with one attached hydrogen (secondary N) is 1. The zero-order valence-electron chi connectivity index (χ0n) is 10.6. The Hall–Kier alpha value is -1.63. The molecule has 3 N–H and O–H groups in total. The summed E-state index contributed by atoms with van der Waals surface area (Å²) in [4.78, 5) is 0. The number of benzene rings is 2. The van der Waals surface area contributed by atoms with Crippen molar-refractivity contribution in [2.24, 2.45) is 5.84 Å². The van der Waals surface area contributed by atoms with Gasteiger partial charge in [-0.05, 0) is 35.4 Å². The van der Waals surface area contributed by atoms with Crippen LogP contribution in [0.4, 0.5) is 17.6 Å². The fourth-order valence-electron chi connectivity index (χ4n) is 1.94. The van der Waals surface area contributed by atoms with Crippen LogP contribution in [0, 0.1) is 5.82 Å². The van der Waals surface area contributed by atoms with Crippen molar-refractivity contribution in [1.29, 1.82) is 0 Å². The van der Waals surface area contributed by atoms with Crippen LogP contribution in [0.25, 0.3) is 0 Å². The molecule has 1 atom stereocenters. The first-order valence-corrected chi connectivity index (χ1v) is 6.29. The summed E-state index contributed by atoms with van der Waals surface area (Å²) < 4.78 is 51.0. The van der Waals surface area contributed by atoms with Gasteiger partial charge in [-0.3, -0.25) is 5.84 Å². The van der Waals surface area contributed by atoms with Crippen LogP contribution >= 0.6 is 11.6 Å². The van der Waals surface area contributed by atoms with E-state index in [2.05, 4.69) is 5.43 Å². The Kier molecular flexibility index (Phi) is 4.51. The number of hydrogen-bond acceptors (Lipinski definition) is 2. The van der Waals surface area contributed by atoms with E-state index in [9.17, 15) is 17.6 Å². The van der Waals surface area contributed by atoms with Gasteiger partial charge in [-0.2, -0.15) is 13.2 Å². The standard InChI is InChI=1S/C14H11ClF4N2/c15-11-6-3-9(7-12(11)16)13(21-20)8-1-4-10(5-2-8)14(17,18)19/h1-7,13,21H,20H2. The topological polar surface area (TPSA) is 38.0 Å². The van der Waals surface area contributed by atoms with Crippen LogP contribution in [-0.2, 0) is 6.18 Å². The second kappa shape index (κ2) is 6.01. The summed E-state index contributed by atoms with van der Waals surface area (Å²) in [5.74, 6) is 4.80. The summed E-state index contributed by atoms with van der Waals surface area (Å²) in [5.41, 5.74) is 2.63. The highest BCUT2D eigenvalue weighted by Gasteiger charge is 2.30. The number of halogens is 5. The smallest absolute Gasteiger partial charge is 0.271 e. The van der Waals surface area contributed by atoms with Crippen molar-refractivity contribution < 1.29 is 17.6 Å². The molecule has 0 spiro atoms. The second-order valence-electron chi connectivity index (χ2n) is 4.39. The van der Waals surface area contributed by atoms with E-state index in [0.29, 0.717) is 11.1 Å². The predicted octanol–water partition coefficient (Wildman–Crippen LogP) is 4.05. The fraction of sp³-hybridized carbons (Fsp3) is 0.143. The molecule has 0 aliphatic carbocycles. The van der Waals surface area contributed by atoms with Gasteiger partial charge >= 0.3 is 6.18 Å². The van der Waals surface area contributed by atoms with E-state index in [1.54, 1.807) is 6.07 Å². The Morgan fingerprint density at radius 1 is 1.00 bits per heavy atom. The average molecular weight is 319 g/mol. The minimum absolute atomic E-state index is 0.0399. The minimum Gasteiger partial charge on any atom is -0.271 e. The third kappa shape index (κ3) is 3.53. The van der Waals surface area contributed by atoms with E-state index in [4.69, 9.17) is 17.4 Å². The third-order valence-corrected chi connectivity index (χ3v) is 3.32. The molecule has 7 heteroatoms. The van der Waals surface area contributed by atoms with Gasteiger partial charge in [-0.1, -0.05) is 29.8 Å². The minimum atomic E-state index is -4.41. The van der Waals surface area contributed by atoms with Gasteiger partial charge in [0, 0.05) is 0 Å². The monoisotopic (exact) mass is 318 g/mol. The highest BCUT2D eigenvalue weighted by Crippen LogP contribution is 2.31. The van der Waals surface area contributed by atoms with Crippen molar-refractivity contribution in [3.8, 4) is 0 Å². The molecule has 1 unspecified atom stereocenters. The van der Waals surface area contributed by atoms with Gasteiger partial charge in [0.05, 0.1) is 16.6 Å². The molecule has 2 aromatic carbocycles. The largest absolute Gasteiger partial charge is 0.416 e. The van der Waals surface area contributed by atoms with Crippen LogP contribution in [0.3, 0.4) is 0 Å². The zero-order chi connectivity index (χ0) is 15.6. The van der Waals surface area contributed by atoms with Gasteiger partial charge in [-0.25, -0.2) is 9.82 Å². The highest BCUT2D eigenvalue weighted by molar-refractivity contribution is 6.30. The molecule has 21 heavy (non-hydrogen) atoms. The van der Waals surface area contributed by atoms with Crippen molar-refractivity contribution in [1.82, 2.24) is 5.43 Å². The molecule has 0 bridgehead atoms. The second-order valence-corrected chi connectivity index (χ2v) is 4.80. The molecule has 0 fully saturated rings. The van der Waals surface area contributed by atoms with Gasteiger partial charge in [0.15, 0.2) is 0 Å². The Bertz CT molecular complexity index is 626. The fourth-order valence-corrected chi connectivity index (χ4v) is 2.06. The molecule has 0 saturated heterocycles. The zero-order valence-corrected chi connectivity index (χ0v) is 11.3. The van der Waals surface area contributed by atoms with Crippen LogP contribution in [0.15, 0.2) is 42.5 Å². The van der Waals surface area contributed by atoms with Gasteiger partial charge in [0.2, 0.25) is 0 Å². The van der Waals surface area contributed by atoms with Crippen molar-refractivity contribution in [3.63, 3.8) is 0 Å². The lowest BCUT2D eigenvalue weighted by Gasteiger charge is -2.18. The van der Waals surface area contributed by atoms with Gasteiger partial charge < -0.3 is 0 Å². The van der Waals surface area contributed by atoms with Crippen molar-refractivity contribution >= 4 is 11.6 Å². The van der Waals surface area contributed by atoms with Crippen molar-refractivity contribution in [2.75, 3.05) is 0 Å². The molecule has 0 heterocycles. The molecule has 2 rings (SSSR count). The number of hydrogen-bond donors (Lipinski definition) is 2. The summed E-state index contributed by atoms with van der Waals surface area (Å²) in [6.07, 6.45) is -4.41. The Balaban J connectivity index is 2.35. The van der Waals surface area contributed by atoms with E-state index in [-0.39, 0.29) is 5.02 Å². The predicted molar refractivity (Wildman–Crippen MR) is 72.0 cm³/mol. The Morgan fingerprint density at radius 3 is 2.05 bits per heavy atom. The van der Waals surface area contributed by atoms with Crippen LogP contribution in [-0.4, -0.2) is 0 Å². The van der Waals surface area contributed by atoms with Gasteiger partial charge in [0.25, 0.3) is 0 Å². The molecular weight excluding hydrogens is 308 g/mol. The maximum atomic E-state index is 13.5. The number of hydrazine groups is 1. The number of nitrogens with two attached hydrogens (primary N) is 1. The first-order valence-electron chi connectivity index (χ1n) is 5.91. The summed E-state index contributed by atoms with van der Waals surface area (Å²) in [5, 5.41) is -0.0399. The lowest BCUT2D eigenvalue weighted by atomic mass is 9.98. The average Bonchev–Trinajstić information content (AvgIpc) is 2.43. The lowest BCUT2D eigenvalue weighted by molar-refractivity contribution is -0.137. The Labute approximate surface area is 123 Å². The number of rotatable bonds is 3. The van der Waals surface area contributed by atoms with Crippen LogP contribution in [0.1, 0.15) is 22.7 Å². The molecular formula is C14H11ClF4N2. The maximum absolute atomic E-state index is 13.5. The normalized spacial score (nSPS) is 13.2. The van der Waals surface area contributed by atoms with Gasteiger partial charge in [-0.15, -0.1) is 0 Å². The summed E-state index contributed by atoms with van der Waals surface area (Å²) in [7, 11) is 0. The summed E-state index contributed by atoms with van der Waals surface area (Å²) >= 11 is 5.59. The number of alkyl halides is 3. The molecule has 0 radical (unpaired) electrons. The van der Waals surface area contributed by atoms with Crippen molar-refractivity contribution in [2.45, 2.75) is 12.2 Å². The Morgan fingerprint density at radius 2 is 1.57 bits per heavy atom. The highest BCUT2D eigenvalue weighted by atomic mass is 35.5. The molecule has 2 nitrogen and oxygen atoms in total. The van der Waals surface area contributed by atoms with Crippen LogP contribution < -0.4 is 11.3 Å². The summed E-state index contributed by atoms with van der Waals surface area (Å²) in [6.45, 7) is 0. The molecule has 0 saturated carbocycles. The first-order chi connectivity index (χ1) is 9.82. The van der Waals surface area contributed by atoms with E-state index in [1.807, 2.05) is 0 Å². The maximum Gasteiger partial charge on any atom is 0.416 e. The third-order valence-electron chi connectivity index (χ3n) is 3.02. The van der Waals surface area contributed by atoms with Crippen LogP contribution in [0.5, 0.6) is 0 Å². The molecule has 0 aromatic heterocycles. The lowest BCUT2D eigenvalue weighted by Crippen LogP contribution is -2.29. The molecule has 112 valence electrons. The SMILES string of the molecule is NNC(c1ccc(C(F)(F)F)cc1)c1ccc(Cl)c(F)c1. The quantitative estimate of drug-likeness (QED) is 0.509. The summed E-state index contributed by atoms with van der Waals surface area (Å²) in [6, 6.07) is 7.94. The first kappa shape index (κ1) is 15.8. The van der Waals surface area contributed by atoms with E-state index in [0.717, 1.165) is 12.1 Å². The van der Waals surface area contributed by atoms with E-state index in [1.165, 1.54) is 24.3 Å². The molecule has 0 amide bonds. The molecule has 2 aromatic rings. The molecule has 0 aliphatic heterocycles. The van der Waals surface area contributed by atoms with Crippen molar-refractivity contribution in [3.05, 3.63) is 70.0 Å². The van der Waals surface area contributed by atoms with Gasteiger partial charge in [0.1, 0.15) is 5.82 Å². The molecule has 0 aliphatic rings. The van der Waals surface area contributed by atoms with E-state index < -0.39 is 23.6 Å². The van der Waals surface area contributed by atoms with Crippen LogP contribution in [0.2, 0.25) is 5.02 Å². The van der Waals surface area contributed by atoms with E-state index >= 15 is 0 Å².